The summed E-state index contributed by atoms with van der Waals surface area (Å²) in [5, 5.41) is 3.61. The molecule has 0 fully saturated rings. The Labute approximate surface area is 107 Å². The highest BCUT2D eigenvalue weighted by molar-refractivity contribution is 7.80. The van der Waals surface area contributed by atoms with Crippen molar-refractivity contribution in [1.82, 2.24) is 19.3 Å². The van der Waals surface area contributed by atoms with E-state index in [1.165, 1.54) is 11.5 Å². The average Bonchev–Trinajstić information content (AvgIpc) is 2.63. The Hall–Kier alpha value is -1.67. The Kier molecular flexibility index (Phi) is 3.25. The normalized spacial score (nSPS) is 10.2. The summed E-state index contributed by atoms with van der Waals surface area (Å²) >= 11 is 6.13. The van der Waals surface area contributed by atoms with Crippen LogP contribution in [0.4, 0.5) is 11.1 Å². The highest BCUT2D eigenvalue weighted by Crippen LogP contribution is 2.15. The smallest absolute Gasteiger partial charge is 0.229 e. The van der Waals surface area contributed by atoms with Crippen LogP contribution in [0.2, 0.25) is 0 Å². The molecule has 2 rings (SSSR count). The molecular weight excluding hydrogens is 256 g/mol. The fourth-order valence-corrected chi connectivity index (χ4v) is 1.87. The maximum Gasteiger partial charge on any atom is 0.229 e. The van der Waals surface area contributed by atoms with E-state index in [1.807, 2.05) is 13.8 Å². The Morgan fingerprint density at radius 3 is 2.71 bits per heavy atom. The van der Waals surface area contributed by atoms with Crippen molar-refractivity contribution in [2.75, 3.05) is 5.32 Å². The van der Waals surface area contributed by atoms with Crippen molar-refractivity contribution < 1.29 is 0 Å². The molecule has 0 aliphatic rings. The van der Waals surface area contributed by atoms with Crippen LogP contribution in [0.1, 0.15) is 17.2 Å². The Balaban J connectivity index is 2.29. The molecule has 0 aliphatic heterocycles. The Bertz CT molecular complexity index is 564. The lowest BCUT2D eigenvalue weighted by Gasteiger charge is -2.04. The predicted molar refractivity (Wildman–Crippen MR) is 70.6 cm³/mol. The van der Waals surface area contributed by atoms with Crippen LogP contribution in [-0.2, 0) is 0 Å². The second kappa shape index (κ2) is 4.68. The number of anilines is 2. The van der Waals surface area contributed by atoms with Crippen molar-refractivity contribution in [3.63, 3.8) is 0 Å². The number of aromatic nitrogens is 4. The van der Waals surface area contributed by atoms with Crippen molar-refractivity contribution >= 4 is 39.8 Å². The van der Waals surface area contributed by atoms with Crippen LogP contribution in [0.25, 0.3) is 0 Å². The molecule has 8 heteroatoms. The molecule has 6 nitrogen and oxygen atoms in total. The first kappa shape index (κ1) is 11.8. The summed E-state index contributed by atoms with van der Waals surface area (Å²) in [4.78, 5) is 12.8. The fraction of sp³-hybridized carbons (Fsp3) is 0.222. The van der Waals surface area contributed by atoms with Crippen LogP contribution >= 0.6 is 23.8 Å². The molecule has 0 amide bonds. The third kappa shape index (κ3) is 2.92. The van der Waals surface area contributed by atoms with Crippen LogP contribution in [-0.4, -0.2) is 24.3 Å². The minimum atomic E-state index is 0.243. The van der Waals surface area contributed by atoms with Crippen LogP contribution in [0, 0.1) is 13.8 Å². The van der Waals surface area contributed by atoms with Crippen molar-refractivity contribution in [1.29, 1.82) is 0 Å². The first-order valence-electron chi connectivity index (χ1n) is 4.77. The lowest BCUT2D eigenvalue weighted by atomic mass is 10.3. The van der Waals surface area contributed by atoms with Crippen molar-refractivity contribution in [2.45, 2.75) is 13.8 Å². The van der Waals surface area contributed by atoms with Gasteiger partial charge in [0.25, 0.3) is 0 Å². The molecule has 17 heavy (non-hydrogen) atoms. The molecule has 0 radical (unpaired) electrons. The number of nitrogens with one attached hydrogen (secondary N) is 1. The zero-order valence-electron chi connectivity index (χ0n) is 9.26. The highest BCUT2D eigenvalue weighted by atomic mass is 32.1. The summed E-state index contributed by atoms with van der Waals surface area (Å²) in [6.07, 6.45) is 0. The summed E-state index contributed by atoms with van der Waals surface area (Å²) in [6.45, 7) is 3.67. The molecule has 0 saturated carbocycles. The summed E-state index contributed by atoms with van der Waals surface area (Å²) in [5.41, 5.74) is 6.86. The zero-order valence-corrected chi connectivity index (χ0v) is 10.9. The number of hydrogen-bond acceptors (Lipinski definition) is 7. The van der Waals surface area contributed by atoms with Gasteiger partial charge in [0, 0.05) is 17.2 Å². The number of nitrogens with two attached hydrogens (primary N) is 1. The van der Waals surface area contributed by atoms with Gasteiger partial charge in [0.05, 0.1) is 0 Å². The van der Waals surface area contributed by atoms with Gasteiger partial charge in [0.1, 0.15) is 16.5 Å². The summed E-state index contributed by atoms with van der Waals surface area (Å²) in [7, 11) is 0. The topological polar surface area (TPSA) is 89.6 Å². The van der Waals surface area contributed by atoms with E-state index >= 15 is 0 Å². The Morgan fingerprint density at radius 1 is 1.35 bits per heavy atom. The third-order valence-electron chi connectivity index (χ3n) is 1.85. The van der Waals surface area contributed by atoms with E-state index in [0.717, 1.165) is 5.69 Å². The number of nitrogens with zero attached hydrogens (tertiary/aromatic N) is 4. The summed E-state index contributed by atoms with van der Waals surface area (Å²) in [5.74, 6) is 1.13. The van der Waals surface area contributed by atoms with Gasteiger partial charge in [-0.1, -0.05) is 12.2 Å². The van der Waals surface area contributed by atoms with Crippen molar-refractivity contribution in [2.24, 2.45) is 5.73 Å². The van der Waals surface area contributed by atoms with Gasteiger partial charge in [-0.15, -0.1) is 0 Å². The maximum absolute atomic E-state index is 5.54. The summed E-state index contributed by atoms with van der Waals surface area (Å²) < 4.78 is 4.05. The van der Waals surface area contributed by atoms with E-state index < -0.39 is 0 Å². The SMILES string of the molecule is Cc1cc(C(N)=S)nc(Nc2nc(C)ns2)n1. The maximum atomic E-state index is 5.54. The second-order valence-electron chi connectivity index (χ2n) is 3.35. The van der Waals surface area contributed by atoms with Gasteiger partial charge < -0.3 is 5.73 Å². The monoisotopic (exact) mass is 266 g/mol. The third-order valence-corrected chi connectivity index (χ3v) is 2.78. The number of thiocarbonyl (C=S) groups is 1. The molecule has 2 aromatic heterocycles. The van der Waals surface area contributed by atoms with E-state index in [2.05, 4.69) is 24.6 Å². The number of rotatable bonds is 3. The van der Waals surface area contributed by atoms with Crippen LogP contribution in [0.3, 0.4) is 0 Å². The molecular formula is C9H10N6S2. The standard InChI is InChI=1S/C9H10N6S2/c1-4-3-6(7(10)16)13-8(11-4)14-9-12-5(2)15-17-9/h3H,1-2H3,(H2,10,16)(H,11,12,13,14,15). The molecule has 0 spiro atoms. The average molecular weight is 266 g/mol. The lowest BCUT2D eigenvalue weighted by molar-refractivity contribution is 1.08. The van der Waals surface area contributed by atoms with Crippen LogP contribution in [0.5, 0.6) is 0 Å². The van der Waals surface area contributed by atoms with Crippen LogP contribution < -0.4 is 11.1 Å². The molecule has 0 bridgehead atoms. The minimum absolute atomic E-state index is 0.243. The van der Waals surface area contributed by atoms with Gasteiger partial charge in [-0.2, -0.15) is 4.37 Å². The molecule has 0 saturated heterocycles. The van der Waals surface area contributed by atoms with Crippen LogP contribution in [0.15, 0.2) is 6.07 Å². The largest absolute Gasteiger partial charge is 0.388 e. The quantitative estimate of drug-likeness (QED) is 0.810. The first-order chi connectivity index (χ1) is 8.04. The second-order valence-corrected chi connectivity index (χ2v) is 4.55. The van der Waals surface area contributed by atoms with E-state index in [0.29, 0.717) is 22.6 Å². The van der Waals surface area contributed by atoms with Gasteiger partial charge in [-0.25, -0.2) is 15.0 Å². The highest BCUT2D eigenvalue weighted by Gasteiger charge is 2.07. The van der Waals surface area contributed by atoms with E-state index in [9.17, 15) is 0 Å². The van der Waals surface area contributed by atoms with Gasteiger partial charge >= 0.3 is 0 Å². The van der Waals surface area contributed by atoms with Gasteiger partial charge in [0.15, 0.2) is 0 Å². The van der Waals surface area contributed by atoms with Gasteiger partial charge in [-0.05, 0) is 19.9 Å². The first-order valence-corrected chi connectivity index (χ1v) is 5.95. The fourth-order valence-electron chi connectivity index (χ4n) is 1.19. The van der Waals surface area contributed by atoms with E-state index in [1.54, 1.807) is 6.07 Å². The molecule has 0 unspecified atom stereocenters. The van der Waals surface area contributed by atoms with E-state index in [4.69, 9.17) is 18.0 Å². The molecule has 0 aliphatic carbocycles. The number of hydrogen-bond donors (Lipinski definition) is 2. The molecule has 0 aromatic carbocycles. The molecule has 2 heterocycles. The van der Waals surface area contributed by atoms with E-state index in [-0.39, 0.29) is 4.99 Å². The Morgan fingerprint density at radius 2 is 2.12 bits per heavy atom. The van der Waals surface area contributed by atoms with Gasteiger partial charge in [-0.3, -0.25) is 5.32 Å². The predicted octanol–water partition coefficient (Wildman–Crippen LogP) is 1.32. The van der Waals surface area contributed by atoms with Crippen molar-refractivity contribution in [3.8, 4) is 0 Å². The zero-order chi connectivity index (χ0) is 12.4. The minimum Gasteiger partial charge on any atom is -0.388 e. The van der Waals surface area contributed by atoms with Gasteiger partial charge in [0.2, 0.25) is 11.1 Å². The number of aryl methyl sites for hydroxylation is 2. The molecule has 2 aromatic rings. The van der Waals surface area contributed by atoms with Crippen molar-refractivity contribution in [3.05, 3.63) is 23.3 Å². The molecule has 3 N–H and O–H groups in total. The lowest BCUT2D eigenvalue weighted by Crippen LogP contribution is -2.13. The molecule has 88 valence electrons. The summed E-state index contributed by atoms with van der Waals surface area (Å²) in [6, 6.07) is 1.73. The molecule has 0 atom stereocenters.